The molecule has 0 saturated heterocycles. The summed E-state index contributed by atoms with van der Waals surface area (Å²) in [5, 5.41) is 5.18. The van der Waals surface area contributed by atoms with Gasteiger partial charge in [-0.2, -0.15) is 5.10 Å². The molecule has 0 N–H and O–H groups in total. The van der Waals surface area contributed by atoms with Crippen molar-refractivity contribution in [2.24, 2.45) is 7.05 Å². The molecule has 0 saturated carbocycles. The number of carbonyl (C=O) groups excluding carboxylic acids is 1. The molecule has 94 valence electrons. The number of aryl methyl sites for hydroxylation is 4. The largest absolute Gasteiger partial charge is 0.298 e. The zero-order chi connectivity index (χ0) is 13.3. The van der Waals surface area contributed by atoms with Gasteiger partial charge in [0.25, 0.3) is 0 Å². The summed E-state index contributed by atoms with van der Waals surface area (Å²) in [5.41, 5.74) is 3.99. The highest BCUT2D eigenvalue weighted by molar-refractivity contribution is 7.99. The number of carbonyl (C=O) groups is 1. The van der Waals surface area contributed by atoms with Crippen LogP contribution in [0.25, 0.3) is 0 Å². The molecule has 1 aromatic carbocycles. The third-order valence-electron chi connectivity index (χ3n) is 3.02. The third-order valence-corrected chi connectivity index (χ3v) is 4.19. The lowest BCUT2D eigenvalue weighted by Gasteiger charge is -2.06. The van der Waals surface area contributed by atoms with Crippen molar-refractivity contribution in [3.8, 4) is 0 Å². The van der Waals surface area contributed by atoms with Gasteiger partial charge in [-0.25, -0.2) is 0 Å². The number of rotatable bonds is 3. The predicted octanol–water partition coefficient (Wildman–Crippen LogP) is 3.31. The molecule has 0 radical (unpaired) electrons. The van der Waals surface area contributed by atoms with Gasteiger partial charge in [0.2, 0.25) is 0 Å². The summed E-state index contributed by atoms with van der Waals surface area (Å²) in [7, 11) is 1.86. The quantitative estimate of drug-likeness (QED) is 0.794. The predicted molar refractivity (Wildman–Crippen MR) is 73.4 cm³/mol. The first-order chi connectivity index (χ1) is 8.52. The van der Waals surface area contributed by atoms with Crippen molar-refractivity contribution in [3.05, 3.63) is 40.6 Å². The van der Waals surface area contributed by atoms with Crippen LogP contribution in [-0.2, 0) is 7.05 Å². The van der Waals surface area contributed by atoms with Crippen LogP contribution < -0.4 is 0 Å². The van der Waals surface area contributed by atoms with Crippen molar-refractivity contribution < 1.29 is 4.79 Å². The Labute approximate surface area is 111 Å². The molecule has 0 atom stereocenters. The minimum Gasteiger partial charge on any atom is -0.298 e. The standard InChI is InChI=1S/C14H16N2OS/c1-9-5-6-12(7-10(9)2)18-14-13(8-17)11(3)15-16(14)4/h5-8H,1-4H3. The summed E-state index contributed by atoms with van der Waals surface area (Å²) >= 11 is 1.58. The molecular weight excluding hydrogens is 244 g/mol. The Kier molecular flexibility index (Phi) is 3.57. The third kappa shape index (κ3) is 2.34. The van der Waals surface area contributed by atoms with Crippen LogP contribution >= 0.6 is 11.8 Å². The second-order valence-corrected chi connectivity index (χ2v) is 5.46. The van der Waals surface area contributed by atoms with Gasteiger partial charge in [-0.15, -0.1) is 0 Å². The number of hydrogen-bond acceptors (Lipinski definition) is 3. The van der Waals surface area contributed by atoms with E-state index in [0.29, 0.717) is 5.56 Å². The molecule has 0 bridgehead atoms. The van der Waals surface area contributed by atoms with E-state index in [4.69, 9.17) is 0 Å². The highest BCUT2D eigenvalue weighted by Crippen LogP contribution is 2.31. The minimum absolute atomic E-state index is 0.681. The molecule has 0 aliphatic rings. The molecular formula is C14H16N2OS. The van der Waals surface area contributed by atoms with Crippen molar-refractivity contribution in [2.45, 2.75) is 30.7 Å². The van der Waals surface area contributed by atoms with Crippen molar-refractivity contribution in [3.63, 3.8) is 0 Å². The first-order valence-corrected chi connectivity index (χ1v) is 6.58. The van der Waals surface area contributed by atoms with Crippen LogP contribution in [0.5, 0.6) is 0 Å². The van der Waals surface area contributed by atoms with E-state index in [1.807, 2.05) is 14.0 Å². The molecule has 0 amide bonds. The molecule has 1 heterocycles. The fourth-order valence-corrected chi connectivity index (χ4v) is 2.87. The van der Waals surface area contributed by atoms with Gasteiger partial charge in [0.05, 0.1) is 11.3 Å². The maximum absolute atomic E-state index is 11.1. The molecule has 2 aromatic rings. The van der Waals surface area contributed by atoms with Gasteiger partial charge in [-0.3, -0.25) is 9.48 Å². The van der Waals surface area contributed by atoms with Crippen LogP contribution in [0.15, 0.2) is 28.1 Å². The smallest absolute Gasteiger partial charge is 0.154 e. The van der Waals surface area contributed by atoms with E-state index in [2.05, 4.69) is 37.1 Å². The number of benzene rings is 1. The molecule has 0 spiro atoms. The molecule has 2 rings (SSSR count). The normalized spacial score (nSPS) is 10.7. The Hall–Kier alpha value is -1.55. The maximum Gasteiger partial charge on any atom is 0.154 e. The van der Waals surface area contributed by atoms with Gasteiger partial charge in [-0.05, 0) is 44.0 Å². The van der Waals surface area contributed by atoms with Crippen LogP contribution in [0, 0.1) is 20.8 Å². The molecule has 3 nitrogen and oxygen atoms in total. The molecule has 0 fully saturated rings. The van der Waals surface area contributed by atoms with E-state index in [1.54, 1.807) is 16.4 Å². The molecule has 4 heteroatoms. The van der Waals surface area contributed by atoms with Gasteiger partial charge >= 0.3 is 0 Å². The van der Waals surface area contributed by atoms with Gasteiger partial charge in [0.15, 0.2) is 6.29 Å². The Morgan fingerprint density at radius 1 is 1.22 bits per heavy atom. The highest BCUT2D eigenvalue weighted by atomic mass is 32.2. The van der Waals surface area contributed by atoms with E-state index in [9.17, 15) is 4.79 Å². The van der Waals surface area contributed by atoms with Crippen LogP contribution in [0.4, 0.5) is 0 Å². The van der Waals surface area contributed by atoms with Crippen molar-refractivity contribution in [1.29, 1.82) is 0 Å². The van der Waals surface area contributed by atoms with Gasteiger partial charge in [0, 0.05) is 11.9 Å². The minimum atomic E-state index is 0.681. The fourth-order valence-electron chi connectivity index (χ4n) is 1.80. The summed E-state index contributed by atoms with van der Waals surface area (Å²) in [6.45, 7) is 6.04. The van der Waals surface area contributed by atoms with Gasteiger partial charge in [0.1, 0.15) is 5.03 Å². The van der Waals surface area contributed by atoms with Crippen molar-refractivity contribution in [2.75, 3.05) is 0 Å². The van der Waals surface area contributed by atoms with Crippen LogP contribution in [-0.4, -0.2) is 16.1 Å². The van der Waals surface area contributed by atoms with Crippen LogP contribution in [0.2, 0.25) is 0 Å². The number of hydrogen-bond donors (Lipinski definition) is 0. The van der Waals surface area contributed by atoms with Crippen molar-refractivity contribution >= 4 is 18.0 Å². The van der Waals surface area contributed by atoms with Crippen LogP contribution in [0.1, 0.15) is 27.2 Å². The second-order valence-electron chi connectivity index (χ2n) is 4.39. The molecule has 0 unspecified atom stereocenters. The summed E-state index contributed by atoms with van der Waals surface area (Å²) in [4.78, 5) is 12.2. The molecule has 1 aromatic heterocycles. The lowest BCUT2D eigenvalue weighted by atomic mass is 10.1. The lowest BCUT2D eigenvalue weighted by Crippen LogP contribution is -1.93. The van der Waals surface area contributed by atoms with E-state index >= 15 is 0 Å². The zero-order valence-corrected chi connectivity index (χ0v) is 11.8. The second kappa shape index (κ2) is 4.98. The Bertz CT molecular complexity index is 602. The Morgan fingerprint density at radius 2 is 1.94 bits per heavy atom. The summed E-state index contributed by atoms with van der Waals surface area (Å²) in [6, 6.07) is 6.31. The SMILES string of the molecule is Cc1ccc(Sc2c(C=O)c(C)nn2C)cc1C. The first kappa shape index (κ1) is 12.9. The average Bonchev–Trinajstić information content (AvgIpc) is 2.58. The summed E-state index contributed by atoms with van der Waals surface area (Å²) in [6.07, 6.45) is 0.881. The van der Waals surface area contributed by atoms with E-state index in [1.165, 1.54) is 11.1 Å². The van der Waals surface area contributed by atoms with Crippen molar-refractivity contribution in [1.82, 2.24) is 9.78 Å². The van der Waals surface area contributed by atoms with E-state index in [-0.39, 0.29) is 0 Å². The summed E-state index contributed by atoms with van der Waals surface area (Å²) < 4.78 is 1.76. The molecule has 18 heavy (non-hydrogen) atoms. The van der Waals surface area contributed by atoms with E-state index in [0.717, 1.165) is 21.9 Å². The summed E-state index contributed by atoms with van der Waals surface area (Å²) in [5.74, 6) is 0. The lowest BCUT2D eigenvalue weighted by molar-refractivity contribution is 0.112. The topological polar surface area (TPSA) is 34.9 Å². The number of nitrogens with zero attached hydrogens (tertiary/aromatic N) is 2. The fraction of sp³-hybridized carbons (Fsp3) is 0.286. The number of aromatic nitrogens is 2. The maximum atomic E-state index is 11.1. The zero-order valence-electron chi connectivity index (χ0n) is 11.0. The van der Waals surface area contributed by atoms with Crippen LogP contribution in [0.3, 0.4) is 0 Å². The monoisotopic (exact) mass is 260 g/mol. The highest BCUT2D eigenvalue weighted by Gasteiger charge is 2.13. The van der Waals surface area contributed by atoms with E-state index < -0.39 is 0 Å². The Balaban J connectivity index is 2.39. The van der Waals surface area contributed by atoms with Gasteiger partial charge in [-0.1, -0.05) is 17.8 Å². The average molecular weight is 260 g/mol. The molecule has 0 aliphatic carbocycles. The number of aldehydes is 1. The first-order valence-electron chi connectivity index (χ1n) is 5.77. The molecule has 0 aliphatic heterocycles. The van der Waals surface area contributed by atoms with Gasteiger partial charge < -0.3 is 0 Å². The Morgan fingerprint density at radius 3 is 2.56 bits per heavy atom.